The average Bonchev–Trinajstić information content (AvgIpc) is 2.62. The maximum atomic E-state index is 14.3. The number of ether oxygens (including phenoxy) is 2. The number of methoxy groups -OCH3 is 2. The zero-order valence-electron chi connectivity index (χ0n) is 14.3. The molecule has 0 aromatic heterocycles. The largest absolute Gasteiger partial charge is 0.383 e. The lowest BCUT2D eigenvalue weighted by Crippen LogP contribution is -2.40. The predicted octanol–water partition coefficient (Wildman–Crippen LogP) is 2.04. The summed E-state index contributed by atoms with van der Waals surface area (Å²) in [4.78, 5) is 24.7. The highest BCUT2D eigenvalue weighted by atomic mass is 19.1. The SMILES string of the molecule is COCCNc1c(F)cc(C(=O)N2CCC(OC)CC2)cc1[N+](=O)[O-]. The zero-order chi connectivity index (χ0) is 18.4. The van der Waals surface area contributed by atoms with Crippen LogP contribution in [0.4, 0.5) is 15.8 Å². The number of nitro benzene ring substituents is 1. The van der Waals surface area contributed by atoms with Gasteiger partial charge in [-0.05, 0) is 18.9 Å². The molecule has 2 rings (SSSR count). The number of piperidine rings is 1. The van der Waals surface area contributed by atoms with E-state index in [0.29, 0.717) is 25.9 Å². The van der Waals surface area contributed by atoms with Gasteiger partial charge in [-0.15, -0.1) is 0 Å². The number of nitro groups is 1. The van der Waals surface area contributed by atoms with Crippen molar-refractivity contribution in [3.8, 4) is 0 Å². The van der Waals surface area contributed by atoms with Gasteiger partial charge in [0.15, 0.2) is 5.82 Å². The van der Waals surface area contributed by atoms with Crippen LogP contribution in [0.15, 0.2) is 12.1 Å². The van der Waals surface area contributed by atoms with Gasteiger partial charge in [0.2, 0.25) is 0 Å². The van der Waals surface area contributed by atoms with Gasteiger partial charge >= 0.3 is 0 Å². The highest BCUT2D eigenvalue weighted by molar-refractivity contribution is 5.96. The van der Waals surface area contributed by atoms with Gasteiger partial charge in [0.25, 0.3) is 11.6 Å². The van der Waals surface area contributed by atoms with Crippen LogP contribution in [0.2, 0.25) is 0 Å². The van der Waals surface area contributed by atoms with Gasteiger partial charge in [-0.3, -0.25) is 14.9 Å². The number of rotatable bonds is 7. The Hall–Kier alpha value is -2.26. The maximum absolute atomic E-state index is 14.3. The first-order valence-corrected chi connectivity index (χ1v) is 8.00. The second-order valence-corrected chi connectivity index (χ2v) is 5.76. The van der Waals surface area contributed by atoms with Crippen molar-refractivity contribution in [2.45, 2.75) is 18.9 Å². The molecule has 1 saturated heterocycles. The van der Waals surface area contributed by atoms with Crippen LogP contribution in [0.3, 0.4) is 0 Å². The Morgan fingerprint density at radius 1 is 1.40 bits per heavy atom. The smallest absolute Gasteiger partial charge is 0.296 e. The van der Waals surface area contributed by atoms with Crippen molar-refractivity contribution in [1.82, 2.24) is 4.90 Å². The summed E-state index contributed by atoms with van der Waals surface area (Å²) in [6.07, 6.45) is 1.47. The number of carbonyl (C=O) groups excluding carboxylic acids is 1. The van der Waals surface area contributed by atoms with E-state index in [2.05, 4.69) is 5.32 Å². The first-order chi connectivity index (χ1) is 12.0. The van der Waals surface area contributed by atoms with Gasteiger partial charge in [0.05, 0.1) is 17.6 Å². The summed E-state index contributed by atoms with van der Waals surface area (Å²) in [5, 5.41) is 13.9. The van der Waals surface area contributed by atoms with Crippen molar-refractivity contribution in [3.63, 3.8) is 0 Å². The summed E-state index contributed by atoms with van der Waals surface area (Å²) in [7, 11) is 3.09. The van der Waals surface area contributed by atoms with Crippen molar-refractivity contribution in [2.24, 2.45) is 0 Å². The van der Waals surface area contributed by atoms with Crippen molar-refractivity contribution in [3.05, 3.63) is 33.6 Å². The Morgan fingerprint density at radius 2 is 2.08 bits per heavy atom. The van der Waals surface area contributed by atoms with E-state index in [1.807, 2.05) is 0 Å². The van der Waals surface area contributed by atoms with E-state index in [1.54, 1.807) is 12.0 Å². The topological polar surface area (TPSA) is 93.9 Å². The number of hydrogen-bond donors (Lipinski definition) is 1. The molecule has 1 aliphatic heterocycles. The van der Waals surface area contributed by atoms with Gasteiger partial charge in [0.1, 0.15) is 5.69 Å². The minimum absolute atomic E-state index is 0.0302. The fourth-order valence-corrected chi connectivity index (χ4v) is 2.79. The highest BCUT2D eigenvalue weighted by Gasteiger charge is 2.27. The van der Waals surface area contributed by atoms with Crippen LogP contribution >= 0.6 is 0 Å². The maximum Gasteiger partial charge on any atom is 0.296 e. The van der Waals surface area contributed by atoms with Gasteiger partial charge in [-0.25, -0.2) is 4.39 Å². The quantitative estimate of drug-likeness (QED) is 0.457. The van der Waals surface area contributed by atoms with Gasteiger partial charge in [0, 0.05) is 45.5 Å². The number of likely N-dealkylation sites (tertiary alicyclic amines) is 1. The molecule has 0 spiro atoms. The number of amides is 1. The fraction of sp³-hybridized carbons (Fsp3) is 0.562. The molecule has 0 saturated carbocycles. The zero-order valence-corrected chi connectivity index (χ0v) is 14.3. The Labute approximate surface area is 145 Å². The van der Waals surface area contributed by atoms with Crippen molar-refractivity contribution >= 4 is 17.3 Å². The van der Waals surface area contributed by atoms with Gasteiger partial charge in [-0.2, -0.15) is 0 Å². The van der Waals surface area contributed by atoms with Crippen molar-refractivity contribution in [2.75, 3.05) is 45.8 Å². The molecule has 0 unspecified atom stereocenters. The summed E-state index contributed by atoms with van der Waals surface area (Å²) in [6, 6.07) is 2.15. The number of anilines is 1. The first kappa shape index (κ1) is 19.1. The lowest BCUT2D eigenvalue weighted by atomic mass is 10.1. The van der Waals surface area contributed by atoms with E-state index < -0.39 is 22.3 Å². The molecule has 1 aromatic rings. The summed E-state index contributed by atoms with van der Waals surface area (Å²) in [5.41, 5.74) is -0.736. The molecule has 25 heavy (non-hydrogen) atoms. The van der Waals surface area contributed by atoms with E-state index in [-0.39, 0.29) is 30.5 Å². The third-order valence-corrected chi connectivity index (χ3v) is 4.18. The highest BCUT2D eigenvalue weighted by Crippen LogP contribution is 2.30. The van der Waals surface area contributed by atoms with E-state index in [0.717, 1.165) is 12.1 Å². The molecule has 1 aromatic carbocycles. The van der Waals surface area contributed by atoms with Crippen LogP contribution in [-0.2, 0) is 9.47 Å². The van der Waals surface area contributed by atoms with E-state index in [1.165, 1.54) is 7.11 Å². The van der Waals surface area contributed by atoms with Crippen LogP contribution < -0.4 is 5.32 Å². The molecule has 8 nitrogen and oxygen atoms in total. The van der Waals surface area contributed by atoms with Crippen LogP contribution in [0.5, 0.6) is 0 Å². The summed E-state index contributed by atoms with van der Waals surface area (Å²) >= 11 is 0. The Morgan fingerprint density at radius 3 is 2.64 bits per heavy atom. The molecule has 0 aliphatic carbocycles. The number of nitrogens with one attached hydrogen (secondary N) is 1. The molecule has 0 atom stereocenters. The molecule has 1 aliphatic rings. The van der Waals surface area contributed by atoms with Crippen LogP contribution in [0, 0.1) is 15.9 Å². The molecule has 9 heteroatoms. The van der Waals surface area contributed by atoms with Crippen LogP contribution in [0.25, 0.3) is 0 Å². The van der Waals surface area contributed by atoms with Crippen molar-refractivity contribution < 1.29 is 23.6 Å². The van der Waals surface area contributed by atoms with Crippen LogP contribution in [0.1, 0.15) is 23.2 Å². The van der Waals surface area contributed by atoms with E-state index in [4.69, 9.17) is 9.47 Å². The lowest BCUT2D eigenvalue weighted by Gasteiger charge is -2.31. The monoisotopic (exact) mass is 355 g/mol. The third kappa shape index (κ3) is 4.64. The molecular formula is C16H22FN3O5. The van der Waals surface area contributed by atoms with Gasteiger partial charge < -0.3 is 19.7 Å². The summed E-state index contributed by atoms with van der Waals surface area (Å²) in [6.45, 7) is 1.43. The molecule has 1 amide bonds. The minimum atomic E-state index is -0.833. The minimum Gasteiger partial charge on any atom is -0.383 e. The second-order valence-electron chi connectivity index (χ2n) is 5.76. The molecule has 0 bridgehead atoms. The number of nitrogens with zero attached hydrogens (tertiary/aromatic N) is 2. The number of benzene rings is 1. The van der Waals surface area contributed by atoms with E-state index in [9.17, 15) is 19.3 Å². The Balaban J connectivity index is 2.21. The molecule has 1 N–H and O–H groups in total. The number of halogens is 1. The van der Waals surface area contributed by atoms with Crippen LogP contribution in [-0.4, -0.2) is 62.3 Å². The summed E-state index contributed by atoms with van der Waals surface area (Å²) < 4.78 is 24.4. The van der Waals surface area contributed by atoms with Gasteiger partial charge in [-0.1, -0.05) is 0 Å². The number of carbonyl (C=O) groups is 1. The van der Waals surface area contributed by atoms with Crippen molar-refractivity contribution in [1.29, 1.82) is 0 Å². The second kappa shape index (κ2) is 8.72. The number of hydrogen-bond acceptors (Lipinski definition) is 6. The third-order valence-electron chi connectivity index (χ3n) is 4.18. The molecule has 0 radical (unpaired) electrons. The predicted molar refractivity (Wildman–Crippen MR) is 89.4 cm³/mol. The Kier molecular flexibility index (Phi) is 6.65. The molecule has 1 fully saturated rings. The standard InChI is InChI=1S/C16H22FN3O5/c1-24-8-5-18-15-13(17)9-11(10-14(15)20(22)23)16(21)19-6-3-12(25-2)4-7-19/h9-10,12,18H,3-8H2,1-2H3. The van der Waals surface area contributed by atoms with E-state index >= 15 is 0 Å². The normalized spacial score (nSPS) is 15.2. The average molecular weight is 355 g/mol. The Bertz CT molecular complexity index is 632. The molecule has 1 heterocycles. The summed E-state index contributed by atoms with van der Waals surface area (Å²) in [5.74, 6) is -1.25. The molecular weight excluding hydrogens is 333 g/mol. The fourth-order valence-electron chi connectivity index (χ4n) is 2.79. The first-order valence-electron chi connectivity index (χ1n) is 8.00. The lowest BCUT2D eigenvalue weighted by molar-refractivity contribution is -0.384. The molecule has 138 valence electrons.